The lowest BCUT2D eigenvalue weighted by atomic mass is 10.1. The van der Waals surface area contributed by atoms with E-state index >= 15 is 0 Å². The number of carbonyl (C=O) groups excluding carboxylic acids is 2. The van der Waals surface area contributed by atoms with Gasteiger partial charge in [-0.1, -0.05) is 31.7 Å². The molecule has 1 aliphatic heterocycles. The SMILES string of the molecule is COc1cc(C(C)NC(=O)CCN2CCSC2=O)ccc1OCC(C)C. The summed E-state index contributed by atoms with van der Waals surface area (Å²) >= 11 is 1.31. The maximum atomic E-state index is 12.2. The van der Waals surface area contributed by atoms with Gasteiger partial charge in [0.25, 0.3) is 5.24 Å². The standard InChI is InChI=1S/C19H28N2O4S/c1-13(2)12-25-16-6-5-15(11-17(16)24-4)14(3)20-18(22)7-8-21-9-10-26-19(21)23/h5-6,11,13-14H,7-10,12H2,1-4H3,(H,20,22). The smallest absolute Gasteiger partial charge is 0.281 e. The zero-order chi connectivity index (χ0) is 19.1. The highest BCUT2D eigenvalue weighted by Crippen LogP contribution is 2.30. The highest BCUT2D eigenvalue weighted by Gasteiger charge is 2.22. The van der Waals surface area contributed by atoms with Crippen molar-refractivity contribution < 1.29 is 19.1 Å². The van der Waals surface area contributed by atoms with Gasteiger partial charge in [-0.15, -0.1) is 0 Å². The Kier molecular flexibility index (Phi) is 7.63. The van der Waals surface area contributed by atoms with Crippen LogP contribution in [0.2, 0.25) is 0 Å². The van der Waals surface area contributed by atoms with E-state index < -0.39 is 0 Å². The van der Waals surface area contributed by atoms with E-state index in [9.17, 15) is 9.59 Å². The zero-order valence-corrected chi connectivity index (χ0v) is 16.7. The third-order valence-electron chi connectivity index (χ3n) is 4.09. The van der Waals surface area contributed by atoms with Gasteiger partial charge in [0.2, 0.25) is 5.91 Å². The average Bonchev–Trinajstić information content (AvgIpc) is 3.02. The van der Waals surface area contributed by atoms with Crippen LogP contribution in [0.15, 0.2) is 18.2 Å². The molecule has 2 amide bonds. The van der Waals surface area contributed by atoms with Crippen molar-refractivity contribution in [1.82, 2.24) is 10.2 Å². The summed E-state index contributed by atoms with van der Waals surface area (Å²) in [5.74, 6) is 2.53. The van der Waals surface area contributed by atoms with Crippen molar-refractivity contribution in [2.24, 2.45) is 5.92 Å². The number of nitrogens with one attached hydrogen (secondary N) is 1. The Bertz CT molecular complexity index is 636. The van der Waals surface area contributed by atoms with Crippen LogP contribution in [0.25, 0.3) is 0 Å². The summed E-state index contributed by atoms with van der Waals surface area (Å²) in [5.41, 5.74) is 0.944. The van der Waals surface area contributed by atoms with Gasteiger partial charge in [-0.05, 0) is 30.5 Å². The van der Waals surface area contributed by atoms with Crippen LogP contribution < -0.4 is 14.8 Å². The molecule has 26 heavy (non-hydrogen) atoms. The second kappa shape index (κ2) is 9.71. The maximum absolute atomic E-state index is 12.2. The molecule has 0 spiro atoms. The number of thioether (sulfide) groups is 1. The van der Waals surface area contributed by atoms with Gasteiger partial charge in [0.15, 0.2) is 11.5 Å². The van der Waals surface area contributed by atoms with Gasteiger partial charge < -0.3 is 19.7 Å². The minimum atomic E-state index is -0.154. The van der Waals surface area contributed by atoms with Crippen molar-refractivity contribution in [2.75, 3.05) is 32.6 Å². The van der Waals surface area contributed by atoms with E-state index in [0.29, 0.717) is 37.0 Å². The van der Waals surface area contributed by atoms with E-state index in [2.05, 4.69) is 19.2 Å². The van der Waals surface area contributed by atoms with Crippen molar-refractivity contribution in [3.63, 3.8) is 0 Å². The molecule has 1 unspecified atom stereocenters. The number of hydrogen-bond donors (Lipinski definition) is 1. The minimum Gasteiger partial charge on any atom is -0.493 e. The highest BCUT2D eigenvalue weighted by atomic mass is 32.2. The summed E-state index contributed by atoms with van der Waals surface area (Å²) in [7, 11) is 1.61. The van der Waals surface area contributed by atoms with Crippen LogP contribution in [0.1, 0.15) is 38.8 Å². The Balaban J connectivity index is 1.90. The topological polar surface area (TPSA) is 67.9 Å². The van der Waals surface area contributed by atoms with Gasteiger partial charge in [-0.3, -0.25) is 9.59 Å². The predicted octanol–water partition coefficient (Wildman–Crippen LogP) is 3.47. The van der Waals surface area contributed by atoms with Gasteiger partial charge >= 0.3 is 0 Å². The summed E-state index contributed by atoms with van der Waals surface area (Å²) in [6.07, 6.45) is 0.309. The average molecular weight is 381 g/mol. The fourth-order valence-electron chi connectivity index (χ4n) is 2.59. The lowest BCUT2D eigenvalue weighted by Gasteiger charge is -2.19. The fourth-order valence-corrected chi connectivity index (χ4v) is 3.44. The fraction of sp³-hybridized carbons (Fsp3) is 0.579. The quantitative estimate of drug-likeness (QED) is 0.710. The molecule has 6 nitrogen and oxygen atoms in total. The van der Waals surface area contributed by atoms with E-state index in [0.717, 1.165) is 17.9 Å². The molecule has 1 fully saturated rings. The molecule has 0 radical (unpaired) electrons. The number of nitrogens with zero attached hydrogens (tertiary/aromatic N) is 1. The summed E-state index contributed by atoms with van der Waals surface area (Å²) in [6, 6.07) is 5.55. The molecule has 1 saturated heterocycles. The Morgan fingerprint density at radius 2 is 2.08 bits per heavy atom. The molecular weight excluding hydrogens is 352 g/mol. The normalized spacial score (nSPS) is 15.3. The highest BCUT2D eigenvalue weighted by molar-refractivity contribution is 8.13. The van der Waals surface area contributed by atoms with Crippen LogP contribution in [-0.2, 0) is 4.79 Å². The van der Waals surface area contributed by atoms with Gasteiger partial charge in [0.05, 0.1) is 19.8 Å². The first kappa shape index (κ1) is 20.4. The number of methoxy groups -OCH3 is 1. The minimum absolute atomic E-state index is 0.0626. The van der Waals surface area contributed by atoms with Gasteiger partial charge in [0, 0.05) is 25.3 Å². The van der Waals surface area contributed by atoms with Crippen LogP contribution in [0.4, 0.5) is 4.79 Å². The molecular formula is C19H28N2O4S. The predicted molar refractivity (Wildman–Crippen MR) is 104 cm³/mol. The molecule has 0 aliphatic carbocycles. The first-order valence-electron chi connectivity index (χ1n) is 8.92. The molecule has 0 saturated carbocycles. The van der Waals surface area contributed by atoms with Crippen molar-refractivity contribution in [3.05, 3.63) is 23.8 Å². The Labute approximate surface area is 159 Å². The van der Waals surface area contributed by atoms with Gasteiger partial charge in [-0.2, -0.15) is 0 Å². The molecule has 7 heteroatoms. The van der Waals surface area contributed by atoms with Crippen LogP contribution >= 0.6 is 11.8 Å². The molecule has 0 aromatic heterocycles. The van der Waals surface area contributed by atoms with Crippen LogP contribution in [-0.4, -0.2) is 48.6 Å². The number of amides is 2. The lowest BCUT2D eigenvalue weighted by Crippen LogP contribution is -2.32. The summed E-state index contributed by atoms with van der Waals surface area (Å²) in [6.45, 7) is 7.92. The largest absolute Gasteiger partial charge is 0.493 e. The monoisotopic (exact) mass is 380 g/mol. The van der Waals surface area contributed by atoms with E-state index in [1.54, 1.807) is 12.0 Å². The lowest BCUT2D eigenvalue weighted by molar-refractivity contribution is -0.121. The van der Waals surface area contributed by atoms with Crippen molar-refractivity contribution >= 4 is 22.9 Å². The molecule has 1 N–H and O–H groups in total. The number of hydrogen-bond acceptors (Lipinski definition) is 5. The Morgan fingerprint density at radius 3 is 2.69 bits per heavy atom. The molecule has 144 valence electrons. The first-order chi connectivity index (χ1) is 12.4. The second-order valence-electron chi connectivity index (χ2n) is 6.76. The molecule has 2 rings (SSSR count). The van der Waals surface area contributed by atoms with Crippen LogP contribution in [0.3, 0.4) is 0 Å². The first-order valence-corrected chi connectivity index (χ1v) is 9.91. The molecule has 1 aromatic rings. The van der Waals surface area contributed by atoms with E-state index in [1.165, 1.54) is 11.8 Å². The third kappa shape index (κ3) is 5.83. The van der Waals surface area contributed by atoms with Crippen molar-refractivity contribution in [2.45, 2.75) is 33.2 Å². The third-order valence-corrected chi connectivity index (χ3v) is 4.98. The molecule has 1 aliphatic rings. The number of carbonyl (C=O) groups is 2. The number of rotatable bonds is 9. The summed E-state index contributed by atoms with van der Waals surface area (Å²) in [4.78, 5) is 25.5. The van der Waals surface area contributed by atoms with Crippen LogP contribution in [0.5, 0.6) is 11.5 Å². The van der Waals surface area contributed by atoms with Gasteiger partial charge in [-0.25, -0.2) is 0 Å². The Hall–Kier alpha value is -1.89. The molecule has 0 bridgehead atoms. The second-order valence-corrected chi connectivity index (χ2v) is 7.80. The van der Waals surface area contributed by atoms with Crippen molar-refractivity contribution in [3.8, 4) is 11.5 Å². The van der Waals surface area contributed by atoms with E-state index in [-0.39, 0.29) is 17.2 Å². The van der Waals surface area contributed by atoms with E-state index in [1.807, 2.05) is 25.1 Å². The summed E-state index contributed by atoms with van der Waals surface area (Å²) in [5, 5.41) is 3.04. The number of benzene rings is 1. The van der Waals surface area contributed by atoms with Gasteiger partial charge in [0.1, 0.15) is 0 Å². The zero-order valence-electron chi connectivity index (χ0n) is 15.9. The summed E-state index contributed by atoms with van der Waals surface area (Å²) < 4.78 is 11.2. The van der Waals surface area contributed by atoms with Crippen LogP contribution in [0, 0.1) is 5.92 Å². The number of ether oxygens (including phenoxy) is 2. The maximum Gasteiger partial charge on any atom is 0.281 e. The molecule has 1 aromatic carbocycles. The van der Waals surface area contributed by atoms with Crippen molar-refractivity contribution in [1.29, 1.82) is 0 Å². The molecule has 1 atom stereocenters. The molecule has 1 heterocycles. The van der Waals surface area contributed by atoms with E-state index in [4.69, 9.17) is 9.47 Å². The Morgan fingerprint density at radius 1 is 1.31 bits per heavy atom.